The van der Waals surface area contributed by atoms with Gasteiger partial charge in [0.15, 0.2) is 0 Å². The first kappa shape index (κ1) is 11.8. The van der Waals surface area contributed by atoms with Gasteiger partial charge in [-0.1, -0.05) is 0 Å². The molecule has 1 N–H and O–H groups in total. The second kappa shape index (κ2) is 5.12. The third kappa shape index (κ3) is 2.53. The molecule has 0 aromatic heterocycles. The fourth-order valence-corrected chi connectivity index (χ4v) is 2.53. The summed E-state index contributed by atoms with van der Waals surface area (Å²) in [7, 11) is 3.21. The third-order valence-electron chi connectivity index (χ3n) is 3.39. The normalized spacial score (nSPS) is 31.4. The number of ether oxygens (including phenoxy) is 2. The topological polar surface area (TPSA) is 50.8 Å². The van der Waals surface area contributed by atoms with Gasteiger partial charge in [-0.3, -0.25) is 9.69 Å². The average molecular weight is 228 g/mol. The van der Waals surface area contributed by atoms with E-state index in [1.54, 1.807) is 7.05 Å². The minimum Gasteiger partial charge on any atom is -0.468 e. The largest absolute Gasteiger partial charge is 0.468 e. The molecule has 0 aromatic carbocycles. The quantitative estimate of drug-likeness (QED) is 0.664. The first-order chi connectivity index (χ1) is 7.72. The number of carbonyl (C=O) groups is 1. The Kier molecular flexibility index (Phi) is 3.78. The molecule has 5 nitrogen and oxygen atoms in total. The summed E-state index contributed by atoms with van der Waals surface area (Å²) in [6, 6.07) is -0.234. The SMILES string of the molecule is CNC(CN1CC2CCC(C1)O2)C(=O)OC. The molecule has 92 valence electrons. The predicted molar refractivity (Wildman–Crippen MR) is 59.2 cm³/mol. The Morgan fingerprint density at radius 1 is 1.50 bits per heavy atom. The van der Waals surface area contributed by atoms with Crippen LogP contribution < -0.4 is 5.32 Å². The third-order valence-corrected chi connectivity index (χ3v) is 3.39. The van der Waals surface area contributed by atoms with Crippen LogP contribution in [0.25, 0.3) is 0 Å². The van der Waals surface area contributed by atoms with Crippen LogP contribution in [-0.4, -0.2) is 62.9 Å². The highest BCUT2D eigenvalue weighted by atomic mass is 16.5. The molecule has 16 heavy (non-hydrogen) atoms. The highest BCUT2D eigenvalue weighted by Gasteiger charge is 2.35. The molecule has 3 unspecified atom stereocenters. The Morgan fingerprint density at radius 2 is 2.12 bits per heavy atom. The van der Waals surface area contributed by atoms with Crippen LogP contribution in [-0.2, 0) is 14.3 Å². The molecule has 3 atom stereocenters. The van der Waals surface area contributed by atoms with Crippen LogP contribution in [0.15, 0.2) is 0 Å². The Hall–Kier alpha value is -0.650. The van der Waals surface area contributed by atoms with Gasteiger partial charge in [-0.25, -0.2) is 0 Å². The Morgan fingerprint density at radius 3 is 2.62 bits per heavy atom. The number of carbonyl (C=O) groups excluding carboxylic acids is 1. The van der Waals surface area contributed by atoms with Crippen molar-refractivity contribution in [3.63, 3.8) is 0 Å². The van der Waals surface area contributed by atoms with Gasteiger partial charge in [0.25, 0.3) is 0 Å². The van der Waals surface area contributed by atoms with E-state index in [0.717, 1.165) is 25.9 Å². The summed E-state index contributed by atoms with van der Waals surface area (Å²) in [6.07, 6.45) is 3.05. The van der Waals surface area contributed by atoms with E-state index in [4.69, 9.17) is 9.47 Å². The maximum atomic E-state index is 11.5. The lowest BCUT2D eigenvalue weighted by molar-refractivity contribution is -0.144. The molecule has 5 heteroatoms. The number of fused-ring (bicyclic) bond motifs is 2. The van der Waals surface area contributed by atoms with E-state index >= 15 is 0 Å². The Bertz CT molecular complexity index is 248. The van der Waals surface area contributed by atoms with E-state index in [-0.39, 0.29) is 12.0 Å². The molecule has 0 aliphatic carbocycles. The van der Waals surface area contributed by atoms with Gasteiger partial charge in [0.05, 0.1) is 19.3 Å². The summed E-state index contributed by atoms with van der Waals surface area (Å²) >= 11 is 0. The molecular weight excluding hydrogens is 208 g/mol. The van der Waals surface area contributed by atoms with Gasteiger partial charge in [0, 0.05) is 19.6 Å². The lowest BCUT2D eigenvalue weighted by Gasteiger charge is -2.33. The smallest absolute Gasteiger partial charge is 0.324 e. The van der Waals surface area contributed by atoms with Gasteiger partial charge < -0.3 is 14.8 Å². The van der Waals surface area contributed by atoms with Crippen LogP contribution in [0.1, 0.15) is 12.8 Å². The van der Waals surface area contributed by atoms with Gasteiger partial charge in [-0.2, -0.15) is 0 Å². The van der Waals surface area contributed by atoms with E-state index in [0.29, 0.717) is 18.8 Å². The van der Waals surface area contributed by atoms with Crippen molar-refractivity contribution < 1.29 is 14.3 Å². The zero-order valence-corrected chi connectivity index (χ0v) is 9.94. The summed E-state index contributed by atoms with van der Waals surface area (Å²) in [5.41, 5.74) is 0. The summed E-state index contributed by atoms with van der Waals surface area (Å²) in [4.78, 5) is 13.7. The first-order valence-electron chi connectivity index (χ1n) is 5.86. The molecule has 0 aromatic rings. The van der Waals surface area contributed by atoms with Crippen LogP contribution in [0.5, 0.6) is 0 Å². The maximum absolute atomic E-state index is 11.5. The van der Waals surface area contributed by atoms with E-state index in [2.05, 4.69) is 10.2 Å². The monoisotopic (exact) mass is 228 g/mol. The van der Waals surface area contributed by atoms with Crippen molar-refractivity contribution in [2.75, 3.05) is 33.8 Å². The van der Waals surface area contributed by atoms with Crippen LogP contribution >= 0.6 is 0 Å². The number of hydrogen-bond acceptors (Lipinski definition) is 5. The lowest BCUT2D eigenvalue weighted by atomic mass is 10.2. The van der Waals surface area contributed by atoms with Gasteiger partial charge in [-0.05, 0) is 19.9 Å². The zero-order valence-electron chi connectivity index (χ0n) is 9.94. The molecular formula is C11H20N2O3. The Balaban J connectivity index is 1.86. The van der Waals surface area contributed by atoms with Crippen molar-refractivity contribution in [2.24, 2.45) is 0 Å². The van der Waals surface area contributed by atoms with Gasteiger partial charge >= 0.3 is 5.97 Å². The van der Waals surface area contributed by atoms with Crippen LogP contribution in [0.2, 0.25) is 0 Å². The molecule has 2 fully saturated rings. The number of esters is 1. The van der Waals surface area contributed by atoms with Crippen molar-refractivity contribution in [3.05, 3.63) is 0 Å². The lowest BCUT2D eigenvalue weighted by Crippen LogP contribution is -2.51. The fraction of sp³-hybridized carbons (Fsp3) is 0.909. The second-order valence-corrected chi connectivity index (χ2v) is 4.54. The highest BCUT2D eigenvalue weighted by molar-refractivity contribution is 5.75. The second-order valence-electron chi connectivity index (χ2n) is 4.54. The van der Waals surface area contributed by atoms with Crippen molar-refractivity contribution in [3.8, 4) is 0 Å². The Labute approximate surface area is 96.1 Å². The maximum Gasteiger partial charge on any atom is 0.324 e. The standard InChI is InChI=1S/C11H20N2O3/c1-12-10(11(14)15-2)7-13-5-8-3-4-9(6-13)16-8/h8-10,12H,3-7H2,1-2H3. The summed E-state index contributed by atoms with van der Waals surface area (Å²) < 4.78 is 10.5. The number of nitrogens with zero attached hydrogens (tertiary/aromatic N) is 1. The van der Waals surface area contributed by atoms with E-state index in [1.807, 2.05) is 0 Å². The number of morpholine rings is 1. The van der Waals surface area contributed by atoms with Gasteiger partial charge in [-0.15, -0.1) is 0 Å². The predicted octanol–water partition coefficient (Wildman–Crippen LogP) is -0.389. The van der Waals surface area contributed by atoms with Crippen molar-refractivity contribution >= 4 is 5.97 Å². The van der Waals surface area contributed by atoms with E-state index in [9.17, 15) is 4.79 Å². The number of nitrogens with one attached hydrogen (secondary N) is 1. The minimum absolute atomic E-state index is 0.193. The van der Waals surface area contributed by atoms with Crippen LogP contribution in [0, 0.1) is 0 Å². The number of rotatable bonds is 4. The van der Waals surface area contributed by atoms with Crippen LogP contribution in [0.3, 0.4) is 0 Å². The summed E-state index contributed by atoms with van der Waals surface area (Å²) in [5.74, 6) is -0.193. The van der Waals surface area contributed by atoms with Crippen molar-refractivity contribution in [1.29, 1.82) is 0 Å². The molecule has 0 amide bonds. The molecule has 2 heterocycles. The minimum atomic E-state index is -0.234. The highest BCUT2D eigenvalue weighted by Crippen LogP contribution is 2.26. The molecule has 0 radical (unpaired) electrons. The van der Waals surface area contributed by atoms with Crippen molar-refractivity contribution in [2.45, 2.75) is 31.1 Å². The fourth-order valence-electron chi connectivity index (χ4n) is 2.53. The van der Waals surface area contributed by atoms with E-state index < -0.39 is 0 Å². The molecule has 2 aliphatic heterocycles. The number of likely N-dealkylation sites (tertiary alicyclic amines) is 1. The average Bonchev–Trinajstić information content (AvgIpc) is 2.64. The first-order valence-corrected chi connectivity index (χ1v) is 5.86. The molecule has 2 saturated heterocycles. The summed E-state index contributed by atoms with van der Waals surface area (Å²) in [6.45, 7) is 2.58. The van der Waals surface area contributed by atoms with Gasteiger partial charge in [0.2, 0.25) is 0 Å². The summed E-state index contributed by atoms with van der Waals surface area (Å²) in [5, 5.41) is 2.99. The zero-order chi connectivity index (χ0) is 11.5. The number of hydrogen-bond donors (Lipinski definition) is 1. The van der Waals surface area contributed by atoms with Crippen molar-refractivity contribution in [1.82, 2.24) is 10.2 Å². The number of methoxy groups -OCH3 is 1. The van der Waals surface area contributed by atoms with Crippen LogP contribution in [0.4, 0.5) is 0 Å². The molecule has 2 rings (SSSR count). The molecule has 0 spiro atoms. The van der Waals surface area contributed by atoms with Gasteiger partial charge in [0.1, 0.15) is 6.04 Å². The molecule has 2 bridgehead atoms. The molecule has 2 aliphatic rings. The number of likely N-dealkylation sites (N-methyl/N-ethyl adjacent to an activating group) is 1. The van der Waals surface area contributed by atoms with E-state index in [1.165, 1.54) is 7.11 Å². The molecule has 0 saturated carbocycles.